The molecule has 1 heterocycles. The Morgan fingerprint density at radius 2 is 2.18 bits per heavy atom. The van der Waals surface area contributed by atoms with E-state index in [0.717, 1.165) is 17.8 Å². The minimum atomic E-state index is 0.903. The summed E-state index contributed by atoms with van der Waals surface area (Å²) < 4.78 is 0. The average molecular weight is 155 g/mol. The summed E-state index contributed by atoms with van der Waals surface area (Å²) in [6.45, 7) is 9.58. The molecule has 11 heavy (non-hydrogen) atoms. The van der Waals surface area contributed by atoms with Crippen molar-refractivity contribution < 1.29 is 0 Å². The number of rotatable bonds is 3. The third-order valence-electron chi connectivity index (χ3n) is 3.38. The van der Waals surface area contributed by atoms with Gasteiger partial charge in [-0.25, -0.2) is 0 Å². The van der Waals surface area contributed by atoms with Crippen LogP contribution in [0.5, 0.6) is 0 Å². The minimum absolute atomic E-state index is 0.903. The van der Waals surface area contributed by atoms with Gasteiger partial charge in [0.15, 0.2) is 0 Å². The Morgan fingerprint density at radius 3 is 2.64 bits per heavy atom. The molecule has 1 saturated heterocycles. The van der Waals surface area contributed by atoms with Gasteiger partial charge in [0.2, 0.25) is 0 Å². The van der Waals surface area contributed by atoms with Crippen LogP contribution in [0.15, 0.2) is 0 Å². The van der Waals surface area contributed by atoms with Crippen LogP contribution in [-0.4, -0.2) is 13.1 Å². The van der Waals surface area contributed by atoms with E-state index in [0.29, 0.717) is 0 Å². The van der Waals surface area contributed by atoms with Crippen molar-refractivity contribution in [2.75, 3.05) is 13.1 Å². The minimum Gasteiger partial charge on any atom is -0.316 e. The molecule has 0 bridgehead atoms. The highest BCUT2D eigenvalue weighted by atomic mass is 14.9. The lowest BCUT2D eigenvalue weighted by Gasteiger charge is -2.23. The zero-order valence-electron chi connectivity index (χ0n) is 8.06. The quantitative estimate of drug-likeness (QED) is 0.659. The van der Waals surface area contributed by atoms with Crippen molar-refractivity contribution in [3.8, 4) is 0 Å². The zero-order valence-corrected chi connectivity index (χ0v) is 8.06. The maximum absolute atomic E-state index is 3.43. The summed E-state index contributed by atoms with van der Waals surface area (Å²) >= 11 is 0. The van der Waals surface area contributed by atoms with Crippen LogP contribution in [0.3, 0.4) is 0 Å². The van der Waals surface area contributed by atoms with E-state index in [2.05, 4.69) is 26.1 Å². The van der Waals surface area contributed by atoms with Crippen molar-refractivity contribution in [3.63, 3.8) is 0 Å². The molecule has 1 N–H and O–H groups in total. The molecular weight excluding hydrogens is 134 g/mol. The van der Waals surface area contributed by atoms with Gasteiger partial charge in [0, 0.05) is 0 Å². The largest absolute Gasteiger partial charge is 0.316 e. The Balaban J connectivity index is 2.32. The summed E-state index contributed by atoms with van der Waals surface area (Å²) in [5.41, 5.74) is 0. The first-order valence-corrected chi connectivity index (χ1v) is 4.96. The summed E-state index contributed by atoms with van der Waals surface area (Å²) in [4.78, 5) is 0. The molecule has 1 aliphatic rings. The Hall–Kier alpha value is -0.0400. The molecular formula is C10H21N. The smallest absolute Gasteiger partial charge is 0.00174 e. The van der Waals surface area contributed by atoms with Crippen LogP contribution in [0.25, 0.3) is 0 Å². The number of nitrogens with one attached hydrogen (secondary N) is 1. The molecule has 0 aliphatic carbocycles. The summed E-state index contributed by atoms with van der Waals surface area (Å²) in [7, 11) is 0. The van der Waals surface area contributed by atoms with Gasteiger partial charge in [-0.15, -0.1) is 0 Å². The first kappa shape index (κ1) is 9.05. The van der Waals surface area contributed by atoms with Crippen LogP contribution in [0.2, 0.25) is 0 Å². The summed E-state index contributed by atoms with van der Waals surface area (Å²) in [5.74, 6) is 2.76. The van der Waals surface area contributed by atoms with E-state index in [4.69, 9.17) is 0 Å². The second-order valence-corrected chi connectivity index (χ2v) is 4.00. The summed E-state index contributed by atoms with van der Waals surface area (Å²) in [6, 6.07) is 0. The van der Waals surface area contributed by atoms with Crippen LogP contribution in [0, 0.1) is 17.8 Å². The van der Waals surface area contributed by atoms with Gasteiger partial charge in [0.1, 0.15) is 0 Å². The molecule has 1 rings (SSSR count). The lowest BCUT2D eigenvalue weighted by atomic mass is 9.82. The van der Waals surface area contributed by atoms with Crippen molar-refractivity contribution in [2.24, 2.45) is 17.8 Å². The lowest BCUT2D eigenvalue weighted by Crippen LogP contribution is -2.20. The van der Waals surface area contributed by atoms with Crippen molar-refractivity contribution in [1.29, 1.82) is 0 Å². The van der Waals surface area contributed by atoms with E-state index in [1.54, 1.807) is 0 Å². The Morgan fingerprint density at radius 1 is 1.45 bits per heavy atom. The molecule has 0 aromatic carbocycles. The van der Waals surface area contributed by atoms with E-state index in [9.17, 15) is 0 Å². The van der Waals surface area contributed by atoms with Crippen LogP contribution in [0.1, 0.15) is 33.6 Å². The van der Waals surface area contributed by atoms with Gasteiger partial charge in [-0.2, -0.15) is 0 Å². The molecule has 0 saturated carbocycles. The van der Waals surface area contributed by atoms with Gasteiger partial charge in [-0.1, -0.05) is 27.2 Å². The van der Waals surface area contributed by atoms with Crippen LogP contribution < -0.4 is 5.32 Å². The first-order chi connectivity index (χ1) is 5.25. The molecule has 1 heteroatoms. The van der Waals surface area contributed by atoms with Crippen molar-refractivity contribution in [3.05, 3.63) is 0 Å². The van der Waals surface area contributed by atoms with E-state index in [-0.39, 0.29) is 0 Å². The van der Waals surface area contributed by atoms with Crippen molar-refractivity contribution in [1.82, 2.24) is 5.32 Å². The molecule has 1 nitrogen and oxygen atoms in total. The Kier molecular flexibility index (Phi) is 3.38. The Bertz CT molecular complexity index is 105. The zero-order chi connectivity index (χ0) is 8.27. The van der Waals surface area contributed by atoms with Crippen molar-refractivity contribution in [2.45, 2.75) is 33.6 Å². The van der Waals surface area contributed by atoms with Crippen molar-refractivity contribution >= 4 is 0 Å². The van der Waals surface area contributed by atoms with E-state index in [1.807, 2.05) is 0 Å². The van der Waals surface area contributed by atoms with E-state index < -0.39 is 0 Å². The molecule has 1 fully saturated rings. The SMILES string of the molecule is CCC(C)C(C)C1CCNC1. The lowest BCUT2D eigenvalue weighted by molar-refractivity contribution is 0.272. The third kappa shape index (κ3) is 2.19. The third-order valence-corrected chi connectivity index (χ3v) is 3.38. The highest BCUT2D eigenvalue weighted by molar-refractivity contribution is 4.78. The van der Waals surface area contributed by atoms with Gasteiger partial charge < -0.3 is 5.32 Å². The van der Waals surface area contributed by atoms with E-state index >= 15 is 0 Å². The number of hydrogen-bond donors (Lipinski definition) is 1. The topological polar surface area (TPSA) is 12.0 Å². The predicted molar refractivity (Wildman–Crippen MR) is 49.6 cm³/mol. The van der Waals surface area contributed by atoms with Gasteiger partial charge in [-0.3, -0.25) is 0 Å². The predicted octanol–water partition coefficient (Wildman–Crippen LogP) is 2.28. The van der Waals surface area contributed by atoms with Crippen LogP contribution in [0.4, 0.5) is 0 Å². The molecule has 0 spiro atoms. The maximum Gasteiger partial charge on any atom is -0.00174 e. The van der Waals surface area contributed by atoms with Gasteiger partial charge in [0.05, 0.1) is 0 Å². The van der Waals surface area contributed by atoms with Gasteiger partial charge in [-0.05, 0) is 37.3 Å². The second kappa shape index (κ2) is 4.10. The van der Waals surface area contributed by atoms with Crippen LogP contribution in [-0.2, 0) is 0 Å². The first-order valence-electron chi connectivity index (χ1n) is 4.96. The fourth-order valence-electron chi connectivity index (χ4n) is 1.96. The molecule has 66 valence electrons. The molecule has 1 aliphatic heterocycles. The molecule has 0 aromatic heterocycles. The summed E-state index contributed by atoms with van der Waals surface area (Å²) in [6.07, 6.45) is 2.73. The van der Waals surface area contributed by atoms with Gasteiger partial charge >= 0.3 is 0 Å². The monoisotopic (exact) mass is 155 g/mol. The standard InChI is InChI=1S/C10H21N/c1-4-8(2)9(3)10-5-6-11-7-10/h8-11H,4-7H2,1-3H3. The van der Waals surface area contributed by atoms with Gasteiger partial charge in [0.25, 0.3) is 0 Å². The van der Waals surface area contributed by atoms with Crippen LogP contribution >= 0.6 is 0 Å². The second-order valence-electron chi connectivity index (χ2n) is 4.00. The fourth-order valence-corrected chi connectivity index (χ4v) is 1.96. The average Bonchev–Trinajstić information content (AvgIpc) is 2.53. The summed E-state index contributed by atoms with van der Waals surface area (Å²) in [5, 5.41) is 3.43. The molecule has 3 unspecified atom stereocenters. The molecule has 0 radical (unpaired) electrons. The molecule has 0 aromatic rings. The fraction of sp³-hybridized carbons (Fsp3) is 1.00. The maximum atomic E-state index is 3.43. The highest BCUT2D eigenvalue weighted by Crippen LogP contribution is 2.27. The Labute approximate surface area is 70.6 Å². The number of hydrogen-bond acceptors (Lipinski definition) is 1. The normalized spacial score (nSPS) is 30.3. The van der Waals surface area contributed by atoms with E-state index in [1.165, 1.54) is 25.9 Å². The molecule has 0 amide bonds. The highest BCUT2D eigenvalue weighted by Gasteiger charge is 2.24. The molecule has 3 atom stereocenters.